The van der Waals surface area contributed by atoms with Crippen LogP contribution in [-0.4, -0.2) is 12.5 Å². The Morgan fingerprint density at radius 3 is 2.11 bits per heavy atom. The maximum atomic E-state index is 13.2. The largest absolute Gasteiger partial charge is 1.00 e. The average Bonchev–Trinajstić information content (AvgIpc) is 3.32. The Balaban J connectivity index is 0.00000507. The monoisotopic (exact) mass is 600 g/mol. The third kappa shape index (κ3) is 11.3. The molecule has 0 aliphatic rings. The fourth-order valence-corrected chi connectivity index (χ4v) is 5.35. The summed E-state index contributed by atoms with van der Waals surface area (Å²) in [7, 11) is 0. The van der Waals surface area contributed by atoms with Gasteiger partial charge in [-0.05, 0) is 24.6 Å². The van der Waals surface area contributed by atoms with E-state index >= 15 is 0 Å². The van der Waals surface area contributed by atoms with Crippen molar-refractivity contribution in [2.24, 2.45) is 0 Å². The van der Waals surface area contributed by atoms with E-state index in [9.17, 15) is 4.79 Å². The Labute approximate surface area is 244 Å². The van der Waals surface area contributed by atoms with Crippen LogP contribution < -0.4 is 31.6 Å². The first-order valence-corrected chi connectivity index (χ1v) is 15.2. The summed E-state index contributed by atoms with van der Waals surface area (Å²) >= 11 is 1.68. The predicted octanol–water partition coefficient (Wildman–Crippen LogP) is 5.73. The van der Waals surface area contributed by atoms with Crippen molar-refractivity contribution in [2.45, 2.75) is 97.4 Å². The molecule has 0 radical (unpaired) electrons. The van der Waals surface area contributed by atoms with Crippen LogP contribution in [0.5, 0.6) is 5.75 Å². The Kier molecular flexibility index (Phi) is 16.0. The Morgan fingerprint density at radius 1 is 0.842 bits per heavy atom. The molecule has 0 unspecified atom stereocenters. The molecule has 1 N–H and O–H groups in total. The van der Waals surface area contributed by atoms with E-state index in [0.29, 0.717) is 17.9 Å². The number of hydrogen-bond acceptors (Lipinski definition) is 3. The highest BCUT2D eigenvalue weighted by Gasteiger charge is 2.16. The summed E-state index contributed by atoms with van der Waals surface area (Å²) in [6.45, 7) is 5.74. The Hall–Kier alpha value is -2.18. The van der Waals surface area contributed by atoms with Gasteiger partial charge in [-0.1, -0.05) is 119 Å². The van der Waals surface area contributed by atoms with Gasteiger partial charge in [0.2, 0.25) is 5.51 Å². The number of amides is 1. The number of halogens is 1. The Morgan fingerprint density at radius 2 is 1.45 bits per heavy atom. The third-order valence-electron chi connectivity index (χ3n) is 6.87. The van der Waals surface area contributed by atoms with Crippen molar-refractivity contribution in [1.29, 1.82) is 0 Å². The molecule has 0 aliphatic heterocycles. The lowest BCUT2D eigenvalue weighted by Gasteiger charge is -2.13. The number of ether oxygens (including phenoxy) is 1. The first-order valence-electron chi connectivity index (χ1n) is 14.2. The van der Waals surface area contributed by atoms with E-state index in [1.54, 1.807) is 11.3 Å². The number of nitrogens with one attached hydrogen (secondary N) is 1. The van der Waals surface area contributed by atoms with Gasteiger partial charge in [-0.3, -0.25) is 4.79 Å². The summed E-state index contributed by atoms with van der Waals surface area (Å²) in [4.78, 5) is 13.2. The minimum absolute atomic E-state index is 0. The van der Waals surface area contributed by atoms with Gasteiger partial charge in [-0.25, -0.2) is 0 Å². The minimum Gasteiger partial charge on any atom is -1.00 e. The summed E-state index contributed by atoms with van der Waals surface area (Å²) < 4.78 is 8.25. The molecule has 0 atom stereocenters. The zero-order valence-corrected chi connectivity index (χ0v) is 25.6. The number of carbonyl (C=O) groups excluding carboxylic acids is 1. The fraction of sp³-hybridized carbons (Fsp3) is 0.500. The van der Waals surface area contributed by atoms with Crippen molar-refractivity contribution in [1.82, 2.24) is 0 Å². The molecule has 6 heteroatoms. The summed E-state index contributed by atoms with van der Waals surface area (Å²) in [5.74, 6) is 0.522. The van der Waals surface area contributed by atoms with Crippen LogP contribution in [0.4, 0.5) is 5.69 Å². The zero-order valence-electron chi connectivity index (χ0n) is 23.2. The molecule has 0 fully saturated rings. The van der Waals surface area contributed by atoms with Crippen molar-refractivity contribution >= 4 is 22.9 Å². The second-order valence-corrected chi connectivity index (χ2v) is 10.7. The number of aryl methyl sites for hydroxylation is 1. The maximum absolute atomic E-state index is 13.2. The number of thiazole rings is 1. The van der Waals surface area contributed by atoms with E-state index in [1.807, 2.05) is 42.5 Å². The smallest absolute Gasteiger partial charge is 0.259 e. The van der Waals surface area contributed by atoms with Gasteiger partial charge >= 0.3 is 0 Å². The van der Waals surface area contributed by atoms with Crippen LogP contribution in [0.15, 0.2) is 59.4 Å². The lowest BCUT2D eigenvalue weighted by molar-refractivity contribution is -0.689. The zero-order chi connectivity index (χ0) is 26.1. The van der Waals surface area contributed by atoms with Crippen LogP contribution in [0.1, 0.15) is 106 Å². The average molecular weight is 602 g/mol. The van der Waals surface area contributed by atoms with Gasteiger partial charge < -0.3 is 27.0 Å². The molecule has 0 spiro atoms. The molecule has 208 valence electrons. The highest BCUT2D eigenvalue weighted by molar-refractivity contribution is 7.07. The minimum atomic E-state index is -0.134. The van der Waals surface area contributed by atoms with Crippen LogP contribution in [0, 0.1) is 6.92 Å². The number of nitrogens with zero attached hydrogens (tertiary/aromatic N) is 1. The molecule has 0 aliphatic carbocycles. The van der Waals surface area contributed by atoms with Gasteiger partial charge in [-0.2, -0.15) is 4.57 Å². The molecule has 2 aromatic carbocycles. The van der Waals surface area contributed by atoms with Crippen molar-refractivity contribution in [3.8, 4) is 5.75 Å². The second-order valence-electron chi connectivity index (χ2n) is 9.97. The van der Waals surface area contributed by atoms with Gasteiger partial charge in [0.15, 0.2) is 12.2 Å². The summed E-state index contributed by atoms with van der Waals surface area (Å²) in [6.07, 6.45) is 15.8. The molecular weight excluding hydrogens is 556 g/mol. The first kappa shape index (κ1) is 32.0. The van der Waals surface area contributed by atoms with Crippen molar-refractivity contribution in [3.63, 3.8) is 0 Å². The van der Waals surface area contributed by atoms with Crippen LogP contribution >= 0.6 is 11.3 Å². The number of benzene rings is 2. The number of para-hydroxylation sites is 2. The topological polar surface area (TPSA) is 42.2 Å². The molecule has 3 rings (SSSR count). The van der Waals surface area contributed by atoms with E-state index in [1.165, 1.54) is 76.3 Å². The highest BCUT2D eigenvalue weighted by Crippen LogP contribution is 2.22. The molecule has 1 aromatic heterocycles. The molecule has 3 aromatic rings. The number of carbonyl (C=O) groups is 1. The van der Waals surface area contributed by atoms with Crippen LogP contribution in [0.25, 0.3) is 0 Å². The van der Waals surface area contributed by atoms with E-state index in [0.717, 1.165) is 24.2 Å². The van der Waals surface area contributed by atoms with Gasteiger partial charge in [0, 0.05) is 12.5 Å². The number of hydrogen-bond donors (Lipinski definition) is 1. The highest BCUT2D eigenvalue weighted by atomic mass is 79.9. The number of rotatable bonds is 18. The molecular formula is C32H45BrN2O2S. The molecule has 0 bridgehead atoms. The number of anilines is 1. The molecule has 38 heavy (non-hydrogen) atoms. The lowest BCUT2D eigenvalue weighted by Crippen LogP contribution is -3.00. The molecule has 4 nitrogen and oxygen atoms in total. The molecule has 0 saturated heterocycles. The third-order valence-corrected chi connectivity index (χ3v) is 7.73. The summed E-state index contributed by atoms with van der Waals surface area (Å²) in [5.41, 5.74) is 5.81. The van der Waals surface area contributed by atoms with E-state index in [-0.39, 0.29) is 22.9 Å². The molecule has 1 amide bonds. The number of aromatic nitrogens is 1. The van der Waals surface area contributed by atoms with E-state index < -0.39 is 0 Å². The fourth-order valence-electron chi connectivity index (χ4n) is 4.57. The number of unbranched alkanes of at least 4 members (excludes halogenated alkanes) is 11. The van der Waals surface area contributed by atoms with Crippen molar-refractivity contribution in [3.05, 3.63) is 76.2 Å². The van der Waals surface area contributed by atoms with Crippen LogP contribution in [0.3, 0.4) is 0 Å². The molecule has 1 heterocycles. The lowest BCUT2D eigenvalue weighted by atomic mass is 10.1. The summed E-state index contributed by atoms with van der Waals surface area (Å²) in [5, 5.41) is 5.25. The van der Waals surface area contributed by atoms with Crippen LogP contribution in [-0.2, 0) is 6.54 Å². The SMILES string of the molecule is CCCCCCCCCCCCCCOc1ccccc1C(=O)Nc1ccccc1C[n+]1cscc1C.[Br-]. The quantitative estimate of drug-likeness (QED) is 0.150. The molecule has 0 saturated carbocycles. The van der Waals surface area contributed by atoms with Gasteiger partial charge in [-0.15, -0.1) is 0 Å². The summed E-state index contributed by atoms with van der Waals surface area (Å²) in [6, 6.07) is 15.6. The van der Waals surface area contributed by atoms with E-state index in [2.05, 4.69) is 40.7 Å². The van der Waals surface area contributed by atoms with Crippen molar-refractivity contribution in [2.75, 3.05) is 11.9 Å². The van der Waals surface area contributed by atoms with E-state index in [4.69, 9.17) is 4.74 Å². The van der Waals surface area contributed by atoms with Crippen LogP contribution in [0.2, 0.25) is 0 Å². The van der Waals surface area contributed by atoms with Crippen molar-refractivity contribution < 1.29 is 31.1 Å². The Bertz CT molecular complexity index is 1070. The normalized spacial score (nSPS) is 10.7. The standard InChI is InChI=1S/C32H44N2O2S.BrH/c1-3-4-5-6-7-8-9-10-11-12-13-18-23-36-31-22-17-15-20-29(31)32(35)33-30-21-16-14-19-28(30)24-34-26-37-25-27(34)2;/h14-17,19-22,25-26H,3-13,18,23-24H2,1-2H3;1H. The van der Waals surface area contributed by atoms with Gasteiger partial charge in [0.25, 0.3) is 5.91 Å². The maximum Gasteiger partial charge on any atom is 0.259 e. The van der Waals surface area contributed by atoms with Gasteiger partial charge in [0.05, 0.1) is 23.2 Å². The first-order chi connectivity index (χ1) is 18.2. The van der Waals surface area contributed by atoms with Gasteiger partial charge in [0.1, 0.15) is 5.75 Å². The predicted molar refractivity (Wildman–Crippen MR) is 156 cm³/mol. The second kappa shape index (κ2) is 19.0.